The molecule has 0 aliphatic rings. The Kier molecular flexibility index (Phi) is 7.04. The highest BCUT2D eigenvalue weighted by Gasteiger charge is 2.11. The van der Waals surface area contributed by atoms with Crippen LogP contribution in [0.15, 0.2) is 66.9 Å². The van der Waals surface area contributed by atoms with Gasteiger partial charge in [0.1, 0.15) is 5.75 Å². The first-order valence-electron chi connectivity index (χ1n) is 11.2. The molecule has 1 aromatic heterocycles. The fourth-order valence-electron chi connectivity index (χ4n) is 3.70. The Morgan fingerprint density at radius 2 is 1.85 bits per heavy atom. The smallest absolute Gasteiger partial charge is 0.255 e. The summed E-state index contributed by atoms with van der Waals surface area (Å²) in [4.78, 5) is 23.4. The number of nitrogen functional groups attached to an aromatic ring is 1. The van der Waals surface area contributed by atoms with E-state index < -0.39 is 0 Å². The van der Waals surface area contributed by atoms with Crippen LogP contribution in [0, 0.1) is 6.92 Å². The van der Waals surface area contributed by atoms with Crippen LogP contribution in [0.5, 0.6) is 5.75 Å². The molecular weight excluding hydrogens is 426 g/mol. The summed E-state index contributed by atoms with van der Waals surface area (Å²) in [5.41, 5.74) is 10.8. The largest absolute Gasteiger partial charge is 0.494 e. The van der Waals surface area contributed by atoms with Crippen LogP contribution in [0.4, 0.5) is 11.6 Å². The zero-order valence-corrected chi connectivity index (χ0v) is 19.7. The van der Waals surface area contributed by atoms with E-state index in [4.69, 9.17) is 10.5 Å². The molecule has 0 radical (unpaired) electrons. The monoisotopic (exact) mass is 455 g/mol. The molecule has 0 unspecified atom stereocenters. The first-order chi connectivity index (χ1) is 16.4. The average molecular weight is 456 g/mol. The molecule has 34 heavy (non-hydrogen) atoms. The van der Waals surface area contributed by atoms with E-state index in [1.807, 2.05) is 81.7 Å². The van der Waals surface area contributed by atoms with Crippen LogP contribution in [0.25, 0.3) is 22.0 Å². The molecule has 4 aromatic rings. The van der Waals surface area contributed by atoms with Crippen LogP contribution in [0.3, 0.4) is 0 Å². The molecule has 3 N–H and O–H groups in total. The molecule has 0 bridgehead atoms. The molecule has 3 aromatic carbocycles. The van der Waals surface area contributed by atoms with Gasteiger partial charge in [-0.3, -0.25) is 4.79 Å². The molecule has 7 nitrogen and oxygen atoms in total. The van der Waals surface area contributed by atoms with Gasteiger partial charge in [0.25, 0.3) is 5.91 Å². The summed E-state index contributed by atoms with van der Waals surface area (Å²) in [5.74, 6) is 0.869. The lowest BCUT2D eigenvalue weighted by Gasteiger charge is -2.12. The second-order valence-electron chi connectivity index (χ2n) is 8.52. The number of benzene rings is 3. The fraction of sp³-hybridized carbons (Fsp3) is 0.222. The summed E-state index contributed by atoms with van der Waals surface area (Å²) < 4.78 is 5.76. The van der Waals surface area contributed by atoms with E-state index in [9.17, 15) is 4.79 Å². The highest BCUT2D eigenvalue weighted by Crippen LogP contribution is 2.28. The zero-order valence-electron chi connectivity index (χ0n) is 19.7. The molecule has 1 heterocycles. The lowest BCUT2D eigenvalue weighted by atomic mass is 9.97. The van der Waals surface area contributed by atoms with E-state index in [0.29, 0.717) is 17.9 Å². The van der Waals surface area contributed by atoms with Gasteiger partial charge < -0.3 is 20.7 Å². The number of nitrogens with two attached hydrogens (primary N) is 1. The van der Waals surface area contributed by atoms with Gasteiger partial charge in [0, 0.05) is 29.4 Å². The summed E-state index contributed by atoms with van der Waals surface area (Å²) in [6, 6.07) is 19.1. The number of ether oxygens (including phenoxy) is 1. The predicted octanol–water partition coefficient (Wildman–Crippen LogP) is 4.77. The van der Waals surface area contributed by atoms with Gasteiger partial charge in [0.05, 0.1) is 12.1 Å². The third-order valence-corrected chi connectivity index (χ3v) is 5.54. The Morgan fingerprint density at radius 1 is 1.06 bits per heavy atom. The Morgan fingerprint density at radius 3 is 2.62 bits per heavy atom. The number of nitrogens with one attached hydrogen (secondary N) is 1. The van der Waals surface area contributed by atoms with Crippen LogP contribution >= 0.6 is 0 Å². The Bertz CT molecular complexity index is 1300. The number of anilines is 2. The molecule has 0 spiro atoms. The molecule has 4 rings (SSSR count). The highest BCUT2D eigenvalue weighted by molar-refractivity contribution is 6.05. The van der Waals surface area contributed by atoms with Gasteiger partial charge in [-0.1, -0.05) is 12.1 Å². The van der Waals surface area contributed by atoms with Crippen LogP contribution in [-0.4, -0.2) is 48.0 Å². The molecule has 0 aliphatic carbocycles. The maximum absolute atomic E-state index is 12.9. The number of hydrogen-bond donors (Lipinski definition) is 2. The second kappa shape index (κ2) is 10.3. The lowest BCUT2D eigenvalue weighted by Crippen LogP contribution is -2.15. The predicted molar refractivity (Wildman–Crippen MR) is 137 cm³/mol. The van der Waals surface area contributed by atoms with Crippen LogP contribution in [0.2, 0.25) is 0 Å². The number of rotatable bonds is 8. The van der Waals surface area contributed by atoms with Crippen molar-refractivity contribution in [1.82, 2.24) is 14.9 Å². The van der Waals surface area contributed by atoms with Crippen molar-refractivity contribution in [2.75, 3.05) is 38.3 Å². The molecule has 0 aliphatic heterocycles. The van der Waals surface area contributed by atoms with Gasteiger partial charge in [-0.2, -0.15) is 0 Å². The van der Waals surface area contributed by atoms with Crippen molar-refractivity contribution in [2.24, 2.45) is 0 Å². The second-order valence-corrected chi connectivity index (χ2v) is 8.52. The van der Waals surface area contributed by atoms with Crippen molar-refractivity contribution in [3.05, 3.63) is 78.0 Å². The number of fused-ring (bicyclic) bond motifs is 1. The van der Waals surface area contributed by atoms with E-state index in [-0.39, 0.29) is 11.9 Å². The number of nitrogens with zero attached hydrogens (tertiary/aromatic N) is 3. The maximum atomic E-state index is 12.9. The summed E-state index contributed by atoms with van der Waals surface area (Å²) in [7, 11) is 4.09. The van der Waals surface area contributed by atoms with Crippen molar-refractivity contribution in [3.63, 3.8) is 0 Å². The van der Waals surface area contributed by atoms with E-state index in [1.54, 1.807) is 6.20 Å². The van der Waals surface area contributed by atoms with Gasteiger partial charge in [-0.25, -0.2) is 9.97 Å². The number of aromatic nitrogens is 2. The van der Waals surface area contributed by atoms with Gasteiger partial charge in [0.2, 0.25) is 5.95 Å². The molecule has 0 saturated heterocycles. The van der Waals surface area contributed by atoms with Crippen molar-refractivity contribution in [1.29, 1.82) is 0 Å². The molecule has 0 fully saturated rings. The standard InChI is InChI=1S/C27H29N5O2/c1-18-5-6-20(16-24(18)19-7-12-25-21(15-19)17-29-27(28)31-25)26(33)30-22-8-10-23(11-9-22)34-14-4-13-32(2)3/h5-12,15-17H,4,13-14H2,1-3H3,(H,30,33)(H2,28,29,31). The highest BCUT2D eigenvalue weighted by atomic mass is 16.5. The maximum Gasteiger partial charge on any atom is 0.255 e. The topological polar surface area (TPSA) is 93.4 Å². The summed E-state index contributed by atoms with van der Waals surface area (Å²) in [6.07, 6.45) is 2.67. The number of carbonyl (C=O) groups excluding carboxylic acids is 1. The first-order valence-corrected chi connectivity index (χ1v) is 11.2. The van der Waals surface area contributed by atoms with Crippen molar-refractivity contribution in [2.45, 2.75) is 13.3 Å². The molecule has 174 valence electrons. The molecule has 0 atom stereocenters. The van der Waals surface area contributed by atoms with E-state index in [0.717, 1.165) is 46.3 Å². The first kappa shape index (κ1) is 23.2. The number of hydrogen-bond acceptors (Lipinski definition) is 6. The SMILES string of the molecule is Cc1ccc(C(=O)Nc2ccc(OCCCN(C)C)cc2)cc1-c1ccc2nc(N)ncc2c1. The molecule has 0 saturated carbocycles. The molecule has 1 amide bonds. The quantitative estimate of drug-likeness (QED) is 0.372. The number of aryl methyl sites for hydroxylation is 1. The molecule has 7 heteroatoms. The van der Waals surface area contributed by atoms with E-state index in [1.165, 1.54) is 0 Å². The summed E-state index contributed by atoms with van der Waals surface area (Å²) >= 11 is 0. The van der Waals surface area contributed by atoms with Gasteiger partial charge in [0.15, 0.2) is 0 Å². The van der Waals surface area contributed by atoms with Gasteiger partial charge in [-0.15, -0.1) is 0 Å². The van der Waals surface area contributed by atoms with Crippen molar-refractivity contribution < 1.29 is 9.53 Å². The van der Waals surface area contributed by atoms with Gasteiger partial charge in [-0.05, 0) is 92.7 Å². The summed E-state index contributed by atoms with van der Waals surface area (Å²) in [5, 5.41) is 3.86. The lowest BCUT2D eigenvalue weighted by molar-refractivity contribution is 0.102. The number of amides is 1. The third kappa shape index (κ3) is 5.68. The van der Waals surface area contributed by atoms with Gasteiger partial charge >= 0.3 is 0 Å². The normalized spacial score (nSPS) is 11.1. The van der Waals surface area contributed by atoms with E-state index >= 15 is 0 Å². The minimum atomic E-state index is -0.169. The minimum absolute atomic E-state index is 0.169. The summed E-state index contributed by atoms with van der Waals surface area (Å²) in [6.45, 7) is 3.66. The zero-order chi connectivity index (χ0) is 24.1. The van der Waals surface area contributed by atoms with Crippen LogP contribution in [0.1, 0.15) is 22.3 Å². The minimum Gasteiger partial charge on any atom is -0.494 e. The fourth-order valence-corrected chi connectivity index (χ4v) is 3.70. The van der Waals surface area contributed by atoms with Crippen molar-refractivity contribution >= 4 is 28.4 Å². The van der Waals surface area contributed by atoms with Crippen LogP contribution < -0.4 is 15.8 Å². The van der Waals surface area contributed by atoms with E-state index in [2.05, 4.69) is 20.2 Å². The Labute approximate surface area is 199 Å². The average Bonchev–Trinajstić information content (AvgIpc) is 2.82. The van der Waals surface area contributed by atoms with Crippen LogP contribution in [-0.2, 0) is 0 Å². The Hall–Kier alpha value is -3.97. The van der Waals surface area contributed by atoms with Crippen molar-refractivity contribution in [3.8, 4) is 16.9 Å². The number of carbonyl (C=O) groups is 1. The third-order valence-electron chi connectivity index (χ3n) is 5.54. The molecular formula is C27H29N5O2. The Balaban J connectivity index is 1.46.